The zero-order chi connectivity index (χ0) is 26.6. The number of nitrogens with zero attached hydrogens (tertiary/aromatic N) is 4. The highest BCUT2D eigenvalue weighted by Crippen LogP contribution is 2.33. The van der Waals surface area contributed by atoms with Gasteiger partial charge < -0.3 is 14.4 Å². The van der Waals surface area contributed by atoms with Gasteiger partial charge in [0.05, 0.1) is 26.8 Å². The second-order valence-corrected chi connectivity index (χ2v) is 10.4. The van der Waals surface area contributed by atoms with E-state index in [1.54, 1.807) is 24.9 Å². The molecule has 2 aromatic heterocycles. The minimum atomic E-state index is -0.212. The number of aryl methyl sites for hydroxylation is 2. The number of methoxy groups -OCH3 is 2. The zero-order valence-corrected chi connectivity index (χ0v) is 22.8. The van der Waals surface area contributed by atoms with E-state index in [-0.39, 0.29) is 17.4 Å². The van der Waals surface area contributed by atoms with Crippen LogP contribution in [-0.2, 0) is 24.2 Å². The summed E-state index contributed by atoms with van der Waals surface area (Å²) in [7, 11) is 3.21. The number of hydrogen-bond acceptors (Lipinski definition) is 8. The Labute approximate surface area is 225 Å². The van der Waals surface area contributed by atoms with E-state index in [9.17, 15) is 9.59 Å². The number of aromatic nitrogens is 3. The molecule has 2 aromatic carbocycles. The maximum atomic E-state index is 13.7. The topological polar surface area (TPSA) is 86.6 Å². The summed E-state index contributed by atoms with van der Waals surface area (Å²) in [6.45, 7) is 3.05. The van der Waals surface area contributed by atoms with Gasteiger partial charge in [-0.25, -0.2) is 9.97 Å². The molecule has 0 saturated carbocycles. The van der Waals surface area contributed by atoms with Crippen LogP contribution in [0.4, 0.5) is 5.13 Å². The Bertz CT molecular complexity index is 1500. The van der Waals surface area contributed by atoms with Gasteiger partial charge in [0.15, 0.2) is 21.3 Å². The van der Waals surface area contributed by atoms with Crippen LogP contribution in [0, 0.1) is 0 Å². The van der Waals surface area contributed by atoms with Crippen LogP contribution in [0.2, 0.25) is 0 Å². The van der Waals surface area contributed by atoms with Crippen LogP contribution in [0.1, 0.15) is 43.1 Å². The number of rotatable bonds is 10. The van der Waals surface area contributed by atoms with Crippen molar-refractivity contribution < 1.29 is 14.3 Å². The SMILES string of the molecule is CCc1nc2sc(N3CCC[C@@H]3C(=O)CCc3ccccc3)nc2c(=O)n1Cc1ccc(OC)cc1OC. The number of Topliss-reactive ketones (excluding diaryl/α,β-unsaturated/α-hetero) is 1. The summed E-state index contributed by atoms with van der Waals surface area (Å²) in [4.78, 5) is 39.1. The lowest BCUT2D eigenvalue weighted by atomic mass is 10.0. The average Bonchev–Trinajstić information content (AvgIpc) is 3.61. The first kappa shape index (κ1) is 25.9. The van der Waals surface area contributed by atoms with Gasteiger partial charge in [0.2, 0.25) is 0 Å². The molecule has 9 heteroatoms. The summed E-state index contributed by atoms with van der Waals surface area (Å²) in [5.41, 5.74) is 2.18. The molecule has 3 heterocycles. The van der Waals surface area contributed by atoms with E-state index in [4.69, 9.17) is 19.4 Å². The van der Waals surface area contributed by atoms with Crippen LogP contribution in [0.5, 0.6) is 11.5 Å². The quantitative estimate of drug-likeness (QED) is 0.294. The molecule has 4 aromatic rings. The standard InChI is InChI=1S/C29H32N4O4S/c1-4-25-30-27-26(28(35)33(25)18-20-13-14-21(36-2)17-24(20)37-3)31-29(38-27)32-16-8-11-22(32)23(34)15-12-19-9-6-5-7-10-19/h5-7,9-10,13-14,17,22H,4,8,11-12,15-16,18H2,1-3H3/t22-/m1/s1. The van der Waals surface area contributed by atoms with Crippen LogP contribution >= 0.6 is 11.3 Å². The fourth-order valence-electron chi connectivity index (χ4n) is 5.06. The molecule has 0 N–H and O–H groups in total. The van der Waals surface area contributed by atoms with E-state index >= 15 is 0 Å². The monoisotopic (exact) mass is 532 g/mol. The van der Waals surface area contributed by atoms with Gasteiger partial charge in [0, 0.05) is 31.0 Å². The fraction of sp³-hybridized carbons (Fsp3) is 0.379. The Balaban J connectivity index is 1.43. The van der Waals surface area contributed by atoms with Gasteiger partial charge in [0.25, 0.3) is 5.56 Å². The molecule has 0 spiro atoms. The average molecular weight is 533 g/mol. The van der Waals surface area contributed by atoms with Crippen LogP contribution in [0.3, 0.4) is 0 Å². The Morgan fingerprint density at radius 2 is 1.92 bits per heavy atom. The fourth-order valence-corrected chi connectivity index (χ4v) is 6.08. The van der Waals surface area contributed by atoms with Gasteiger partial charge in [-0.2, -0.15) is 0 Å². The molecule has 8 nitrogen and oxygen atoms in total. The molecule has 0 amide bonds. The van der Waals surface area contributed by atoms with Crippen LogP contribution < -0.4 is 19.9 Å². The molecule has 198 valence electrons. The first-order valence-corrected chi connectivity index (χ1v) is 13.8. The highest BCUT2D eigenvalue weighted by atomic mass is 32.1. The van der Waals surface area contributed by atoms with Crippen molar-refractivity contribution in [1.82, 2.24) is 14.5 Å². The van der Waals surface area contributed by atoms with Gasteiger partial charge in [-0.05, 0) is 37.0 Å². The Morgan fingerprint density at radius 1 is 1.11 bits per heavy atom. The van der Waals surface area contributed by atoms with Gasteiger partial charge in [-0.3, -0.25) is 14.2 Å². The largest absolute Gasteiger partial charge is 0.497 e. The van der Waals surface area contributed by atoms with Gasteiger partial charge in [-0.1, -0.05) is 48.6 Å². The van der Waals surface area contributed by atoms with Crippen molar-refractivity contribution in [3.63, 3.8) is 0 Å². The minimum absolute atomic E-state index is 0.182. The predicted octanol–water partition coefficient (Wildman–Crippen LogP) is 4.65. The molecule has 0 unspecified atom stereocenters. The summed E-state index contributed by atoms with van der Waals surface area (Å²) in [5, 5.41) is 0.696. The lowest BCUT2D eigenvalue weighted by Gasteiger charge is -2.22. The summed E-state index contributed by atoms with van der Waals surface area (Å²) in [5.74, 6) is 2.24. The van der Waals surface area contributed by atoms with Crippen molar-refractivity contribution in [3.05, 3.63) is 75.8 Å². The summed E-state index contributed by atoms with van der Waals surface area (Å²) in [6, 6.07) is 15.4. The molecule has 5 rings (SSSR count). The van der Waals surface area contributed by atoms with Crippen molar-refractivity contribution >= 4 is 32.6 Å². The van der Waals surface area contributed by atoms with Crippen molar-refractivity contribution in [2.75, 3.05) is 25.7 Å². The molecule has 1 aliphatic heterocycles. The van der Waals surface area contributed by atoms with Crippen molar-refractivity contribution in [3.8, 4) is 11.5 Å². The number of carbonyl (C=O) groups is 1. The summed E-state index contributed by atoms with van der Waals surface area (Å²) >= 11 is 1.40. The number of fused-ring (bicyclic) bond motifs is 1. The number of anilines is 1. The van der Waals surface area contributed by atoms with E-state index in [0.29, 0.717) is 52.2 Å². The molecular weight excluding hydrogens is 500 g/mol. The zero-order valence-electron chi connectivity index (χ0n) is 22.0. The third-order valence-corrected chi connectivity index (χ3v) is 8.09. The second kappa shape index (κ2) is 11.3. The molecule has 38 heavy (non-hydrogen) atoms. The first-order valence-electron chi connectivity index (χ1n) is 13.0. The Kier molecular flexibility index (Phi) is 7.74. The number of benzene rings is 2. The first-order chi connectivity index (χ1) is 18.5. The van der Waals surface area contributed by atoms with Gasteiger partial charge >= 0.3 is 0 Å². The van der Waals surface area contributed by atoms with Crippen LogP contribution in [0.15, 0.2) is 53.3 Å². The Morgan fingerprint density at radius 3 is 2.66 bits per heavy atom. The molecular formula is C29H32N4O4S. The number of carbonyl (C=O) groups excluding carboxylic acids is 1. The molecule has 1 aliphatic rings. The van der Waals surface area contributed by atoms with Crippen molar-refractivity contribution in [2.24, 2.45) is 0 Å². The van der Waals surface area contributed by atoms with E-state index in [1.807, 2.05) is 37.3 Å². The van der Waals surface area contributed by atoms with E-state index in [0.717, 1.165) is 36.9 Å². The van der Waals surface area contributed by atoms with Crippen LogP contribution in [0.25, 0.3) is 10.3 Å². The van der Waals surface area contributed by atoms with E-state index in [1.165, 1.54) is 11.3 Å². The van der Waals surface area contributed by atoms with E-state index in [2.05, 4.69) is 17.0 Å². The molecule has 1 saturated heterocycles. The molecule has 0 aliphatic carbocycles. The minimum Gasteiger partial charge on any atom is -0.497 e. The molecule has 0 radical (unpaired) electrons. The maximum Gasteiger partial charge on any atom is 0.281 e. The lowest BCUT2D eigenvalue weighted by Crippen LogP contribution is -2.36. The Hall–Kier alpha value is -3.72. The highest BCUT2D eigenvalue weighted by molar-refractivity contribution is 7.21. The normalized spacial score (nSPS) is 15.2. The highest BCUT2D eigenvalue weighted by Gasteiger charge is 2.33. The van der Waals surface area contributed by atoms with Crippen LogP contribution in [-0.4, -0.2) is 47.1 Å². The van der Waals surface area contributed by atoms with Crippen molar-refractivity contribution in [1.29, 1.82) is 0 Å². The smallest absolute Gasteiger partial charge is 0.281 e. The number of ether oxygens (including phenoxy) is 2. The maximum absolute atomic E-state index is 13.7. The lowest BCUT2D eigenvalue weighted by molar-refractivity contribution is -0.120. The van der Waals surface area contributed by atoms with Gasteiger partial charge in [-0.15, -0.1) is 0 Å². The number of thiazole rings is 1. The number of ketones is 1. The summed E-state index contributed by atoms with van der Waals surface area (Å²) < 4.78 is 12.5. The van der Waals surface area contributed by atoms with E-state index < -0.39 is 0 Å². The molecule has 1 fully saturated rings. The third kappa shape index (κ3) is 5.15. The van der Waals surface area contributed by atoms with Gasteiger partial charge in [0.1, 0.15) is 17.3 Å². The third-order valence-electron chi connectivity index (χ3n) is 7.10. The summed E-state index contributed by atoms with van der Waals surface area (Å²) in [6.07, 6.45) is 3.54. The number of hydrogen-bond donors (Lipinski definition) is 0. The predicted molar refractivity (Wildman–Crippen MR) is 150 cm³/mol. The molecule has 1 atom stereocenters. The van der Waals surface area contributed by atoms with Crippen molar-refractivity contribution in [2.45, 2.75) is 51.6 Å². The second-order valence-electron chi connectivity index (χ2n) is 9.40. The molecule has 0 bridgehead atoms.